The highest BCUT2D eigenvalue weighted by molar-refractivity contribution is 5.92. The quantitative estimate of drug-likeness (QED) is 0.803. The molecule has 0 saturated carbocycles. The van der Waals surface area contributed by atoms with Crippen LogP contribution in [0.1, 0.15) is 5.56 Å². The molecule has 3 aromatic rings. The Bertz CT molecular complexity index is 924. The van der Waals surface area contributed by atoms with E-state index in [1.54, 1.807) is 24.4 Å². The largest absolute Gasteiger partial charge is 0.495 e. The maximum Gasteiger partial charge on any atom is 0.262 e. The van der Waals surface area contributed by atoms with Gasteiger partial charge in [-0.3, -0.25) is 9.59 Å². The van der Waals surface area contributed by atoms with E-state index in [2.05, 4.69) is 5.32 Å². The van der Waals surface area contributed by atoms with Crippen molar-refractivity contribution in [1.29, 1.82) is 0 Å². The van der Waals surface area contributed by atoms with E-state index in [9.17, 15) is 9.59 Å². The number of aromatic nitrogens is 1. The maximum absolute atomic E-state index is 12.3. The number of benzene rings is 1. The predicted octanol–water partition coefficient (Wildman–Crippen LogP) is 2.55. The minimum atomic E-state index is -0.307. The number of hydrogen-bond donors (Lipinski definition) is 1. The normalized spacial score (nSPS) is 10.7. The topological polar surface area (TPSA) is 73.5 Å². The number of fused-ring (bicyclic) bond motifs is 1. The van der Waals surface area contributed by atoms with Gasteiger partial charge in [-0.25, -0.2) is 0 Å². The summed E-state index contributed by atoms with van der Waals surface area (Å²) in [5.41, 5.74) is 1.82. The predicted molar refractivity (Wildman–Crippen MR) is 86.8 cm³/mol. The second-order valence-electron chi connectivity index (χ2n) is 5.20. The molecule has 0 radical (unpaired) electrons. The van der Waals surface area contributed by atoms with Crippen molar-refractivity contribution in [2.75, 3.05) is 12.4 Å². The second kappa shape index (κ2) is 6.00. The number of methoxy groups -OCH3 is 1. The Morgan fingerprint density at radius 1 is 1.30 bits per heavy atom. The fraction of sp³-hybridized carbons (Fsp3) is 0.176. The van der Waals surface area contributed by atoms with Gasteiger partial charge in [0.05, 0.1) is 24.4 Å². The zero-order valence-corrected chi connectivity index (χ0v) is 12.8. The highest BCUT2D eigenvalue weighted by Gasteiger charge is 2.11. The molecule has 1 N–H and O–H groups in total. The lowest BCUT2D eigenvalue weighted by Crippen LogP contribution is -2.27. The first-order chi connectivity index (χ1) is 11.1. The Balaban J connectivity index is 1.83. The van der Waals surface area contributed by atoms with Crippen LogP contribution in [0.4, 0.5) is 5.69 Å². The van der Waals surface area contributed by atoms with E-state index in [1.807, 2.05) is 19.1 Å². The van der Waals surface area contributed by atoms with E-state index in [0.717, 1.165) is 5.56 Å². The van der Waals surface area contributed by atoms with Gasteiger partial charge in [0, 0.05) is 6.20 Å². The van der Waals surface area contributed by atoms with Crippen molar-refractivity contribution in [1.82, 2.24) is 4.57 Å². The van der Waals surface area contributed by atoms with E-state index < -0.39 is 0 Å². The Labute approximate surface area is 132 Å². The van der Waals surface area contributed by atoms with Gasteiger partial charge in [0.15, 0.2) is 0 Å². The van der Waals surface area contributed by atoms with Crippen LogP contribution in [0.15, 0.2) is 52.0 Å². The Morgan fingerprint density at radius 3 is 2.91 bits per heavy atom. The van der Waals surface area contributed by atoms with Crippen LogP contribution in [0.5, 0.6) is 5.75 Å². The maximum atomic E-state index is 12.3. The van der Waals surface area contributed by atoms with Gasteiger partial charge in [0.1, 0.15) is 17.9 Å². The molecular formula is C17H16N2O4. The molecule has 0 aliphatic rings. The van der Waals surface area contributed by atoms with Crippen LogP contribution in [-0.2, 0) is 11.3 Å². The number of anilines is 1. The molecule has 6 nitrogen and oxygen atoms in total. The van der Waals surface area contributed by atoms with Gasteiger partial charge >= 0.3 is 0 Å². The first-order valence-electron chi connectivity index (χ1n) is 7.09. The molecule has 2 heterocycles. The zero-order valence-electron chi connectivity index (χ0n) is 12.8. The van der Waals surface area contributed by atoms with Crippen molar-refractivity contribution < 1.29 is 13.9 Å². The van der Waals surface area contributed by atoms with Crippen molar-refractivity contribution >= 4 is 22.6 Å². The summed E-state index contributed by atoms with van der Waals surface area (Å²) in [6.07, 6.45) is 3.00. The van der Waals surface area contributed by atoms with E-state index in [0.29, 0.717) is 22.4 Å². The number of furan rings is 1. The summed E-state index contributed by atoms with van der Waals surface area (Å²) < 4.78 is 11.7. The monoisotopic (exact) mass is 312 g/mol. The molecule has 118 valence electrons. The lowest BCUT2D eigenvalue weighted by molar-refractivity contribution is -0.116. The fourth-order valence-corrected chi connectivity index (χ4v) is 2.40. The number of ether oxygens (including phenoxy) is 1. The number of pyridine rings is 1. The smallest absolute Gasteiger partial charge is 0.262 e. The van der Waals surface area contributed by atoms with Gasteiger partial charge in [-0.05, 0) is 36.8 Å². The highest BCUT2D eigenvalue weighted by Crippen LogP contribution is 2.25. The summed E-state index contributed by atoms with van der Waals surface area (Å²) in [6, 6.07) is 8.76. The van der Waals surface area contributed by atoms with Gasteiger partial charge < -0.3 is 19.0 Å². The molecule has 0 saturated heterocycles. The van der Waals surface area contributed by atoms with Crippen LogP contribution in [0.2, 0.25) is 0 Å². The first kappa shape index (κ1) is 14.9. The lowest BCUT2D eigenvalue weighted by atomic mass is 10.2. The summed E-state index contributed by atoms with van der Waals surface area (Å²) in [7, 11) is 1.54. The van der Waals surface area contributed by atoms with Crippen LogP contribution in [0, 0.1) is 6.92 Å². The SMILES string of the molecule is COc1ccc(C)cc1NC(=O)Cn1ccc2occc2c1=O. The van der Waals surface area contributed by atoms with E-state index in [1.165, 1.54) is 17.9 Å². The summed E-state index contributed by atoms with van der Waals surface area (Å²) in [5, 5.41) is 3.23. The van der Waals surface area contributed by atoms with Crippen molar-refractivity contribution in [3.8, 4) is 5.75 Å². The average molecular weight is 312 g/mol. The van der Waals surface area contributed by atoms with Gasteiger partial charge in [-0.1, -0.05) is 6.07 Å². The molecule has 0 aliphatic carbocycles. The molecule has 0 aliphatic heterocycles. The van der Waals surface area contributed by atoms with Gasteiger partial charge in [-0.15, -0.1) is 0 Å². The molecule has 1 amide bonds. The molecule has 0 atom stereocenters. The fourth-order valence-electron chi connectivity index (χ4n) is 2.40. The van der Waals surface area contributed by atoms with E-state index in [-0.39, 0.29) is 18.0 Å². The standard InChI is InChI=1S/C17H16N2O4/c1-11-3-4-15(22-2)13(9-11)18-16(20)10-19-7-5-14-12(17(19)21)6-8-23-14/h3-9H,10H2,1-2H3,(H,18,20). The summed E-state index contributed by atoms with van der Waals surface area (Å²) in [5.74, 6) is 0.264. The van der Waals surface area contributed by atoms with E-state index >= 15 is 0 Å². The number of hydrogen-bond acceptors (Lipinski definition) is 4. The lowest BCUT2D eigenvalue weighted by Gasteiger charge is -2.11. The molecular weight excluding hydrogens is 296 g/mol. The third kappa shape index (κ3) is 2.96. The number of carbonyl (C=O) groups excluding carboxylic acids is 1. The minimum absolute atomic E-state index is 0.0863. The first-order valence-corrected chi connectivity index (χ1v) is 7.09. The molecule has 0 fully saturated rings. The van der Waals surface area contributed by atoms with E-state index in [4.69, 9.17) is 9.15 Å². The molecule has 6 heteroatoms. The number of carbonyl (C=O) groups is 1. The molecule has 3 rings (SSSR count). The van der Waals surface area contributed by atoms with Crippen molar-refractivity contribution in [3.63, 3.8) is 0 Å². The number of rotatable bonds is 4. The molecule has 23 heavy (non-hydrogen) atoms. The zero-order chi connectivity index (χ0) is 16.4. The van der Waals surface area contributed by atoms with Crippen LogP contribution in [0.3, 0.4) is 0 Å². The number of nitrogens with one attached hydrogen (secondary N) is 1. The number of aryl methyl sites for hydroxylation is 1. The number of nitrogens with zero attached hydrogens (tertiary/aromatic N) is 1. The molecule has 0 spiro atoms. The summed E-state index contributed by atoms with van der Waals surface area (Å²) in [4.78, 5) is 24.5. The molecule has 2 aromatic heterocycles. The van der Waals surface area contributed by atoms with Gasteiger partial charge in [0.2, 0.25) is 5.91 Å². The van der Waals surface area contributed by atoms with Crippen LogP contribution in [-0.4, -0.2) is 17.6 Å². The van der Waals surface area contributed by atoms with Gasteiger partial charge in [-0.2, -0.15) is 0 Å². The van der Waals surface area contributed by atoms with Crippen molar-refractivity contribution in [3.05, 3.63) is 58.7 Å². The highest BCUT2D eigenvalue weighted by atomic mass is 16.5. The Hall–Kier alpha value is -3.02. The Morgan fingerprint density at radius 2 is 2.13 bits per heavy atom. The number of amides is 1. The van der Waals surface area contributed by atoms with Crippen LogP contribution in [0.25, 0.3) is 11.0 Å². The van der Waals surface area contributed by atoms with Crippen molar-refractivity contribution in [2.24, 2.45) is 0 Å². The third-order valence-electron chi connectivity index (χ3n) is 3.54. The minimum Gasteiger partial charge on any atom is -0.495 e. The molecule has 1 aromatic carbocycles. The van der Waals surface area contributed by atoms with Gasteiger partial charge in [0.25, 0.3) is 5.56 Å². The van der Waals surface area contributed by atoms with Crippen LogP contribution >= 0.6 is 0 Å². The summed E-state index contributed by atoms with van der Waals surface area (Å²) >= 11 is 0. The average Bonchev–Trinajstić information content (AvgIpc) is 3.00. The Kier molecular flexibility index (Phi) is 3.89. The van der Waals surface area contributed by atoms with Crippen molar-refractivity contribution in [2.45, 2.75) is 13.5 Å². The second-order valence-corrected chi connectivity index (χ2v) is 5.20. The summed E-state index contributed by atoms with van der Waals surface area (Å²) in [6.45, 7) is 1.84. The molecule has 0 unspecified atom stereocenters. The van der Waals surface area contributed by atoms with Crippen LogP contribution < -0.4 is 15.6 Å². The third-order valence-corrected chi connectivity index (χ3v) is 3.54. The molecule has 0 bridgehead atoms.